The van der Waals surface area contributed by atoms with E-state index in [1.165, 1.54) is 32.4 Å². The zero-order valence-electron chi connectivity index (χ0n) is 13.2. The molecule has 0 aliphatic heterocycles. The van der Waals surface area contributed by atoms with Gasteiger partial charge in [0.15, 0.2) is 23.1 Å². The van der Waals surface area contributed by atoms with Crippen LogP contribution in [0.5, 0.6) is 11.5 Å². The number of benzene rings is 2. The fourth-order valence-electron chi connectivity index (χ4n) is 2.45. The number of ether oxygens (including phenoxy) is 2. The summed E-state index contributed by atoms with van der Waals surface area (Å²) < 4.78 is 38.9. The number of aromatic carboxylic acids is 1. The average molecular weight is 346 g/mol. The second-order valence-electron chi connectivity index (χ2n) is 5.02. The van der Waals surface area contributed by atoms with Crippen LogP contribution >= 0.6 is 0 Å². The molecule has 0 saturated carbocycles. The molecular formula is C17H12F2N2O4. The molecule has 3 aromatic rings. The molecule has 0 aliphatic rings. The van der Waals surface area contributed by atoms with Crippen LogP contribution in [0.15, 0.2) is 30.5 Å². The predicted octanol–water partition coefficient (Wildman–Crippen LogP) is 3.29. The molecule has 128 valence electrons. The number of carboxylic acid groups (broad SMARTS) is 1. The van der Waals surface area contributed by atoms with E-state index in [9.17, 15) is 18.7 Å². The molecule has 1 aromatic heterocycles. The van der Waals surface area contributed by atoms with Crippen molar-refractivity contribution in [3.63, 3.8) is 0 Å². The summed E-state index contributed by atoms with van der Waals surface area (Å²) >= 11 is 0. The maximum atomic E-state index is 14.6. The summed E-state index contributed by atoms with van der Waals surface area (Å²) in [6.07, 6.45) is 1.11. The van der Waals surface area contributed by atoms with Gasteiger partial charge in [0.1, 0.15) is 5.52 Å². The van der Waals surface area contributed by atoms with E-state index in [1.54, 1.807) is 0 Å². The van der Waals surface area contributed by atoms with Crippen molar-refractivity contribution in [2.24, 2.45) is 0 Å². The van der Waals surface area contributed by atoms with Crippen molar-refractivity contribution in [2.45, 2.75) is 0 Å². The summed E-state index contributed by atoms with van der Waals surface area (Å²) in [4.78, 5) is 19.4. The quantitative estimate of drug-likeness (QED) is 0.781. The molecule has 0 radical (unpaired) electrons. The number of hydrogen-bond acceptors (Lipinski definition) is 5. The lowest BCUT2D eigenvalue weighted by atomic mass is 10.1. The van der Waals surface area contributed by atoms with Crippen LogP contribution in [0.2, 0.25) is 0 Å². The maximum Gasteiger partial charge on any atom is 0.337 e. The zero-order chi connectivity index (χ0) is 18.1. The van der Waals surface area contributed by atoms with E-state index in [0.29, 0.717) is 0 Å². The van der Waals surface area contributed by atoms with Crippen LogP contribution in [0, 0.1) is 11.6 Å². The molecule has 0 bridgehead atoms. The Bertz CT molecular complexity index is 964. The van der Waals surface area contributed by atoms with Crippen LogP contribution in [0.3, 0.4) is 0 Å². The van der Waals surface area contributed by atoms with Gasteiger partial charge in [-0.1, -0.05) is 6.07 Å². The van der Waals surface area contributed by atoms with Gasteiger partial charge >= 0.3 is 5.97 Å². The van der Waals surface area contributed by atoms with Gasteiger partial charge in [-0.3, -0.25) is 4.98 Å². The van der Waals surface area contributed by atoms with Gasteiger partial charge in [-0.2, -0.15) is 0 Å². The van der Waals surface area contributed by atoms with Crippen LogP contribution < -0.4 is 9.47 Å². The Morgan fingerprint density at radius 1 is 1.12 bits per heavy atom. The largest absolute Gasteiger partial charge is 0.494 e. The molecule has 8 heteroatoms. The Balaban J connectivity index is 2.29. The van der Waals surface area contributed by atoms with E-state index in [2.05, 4.69) is 9.97 Å². The molecule has 0 spiro atoms. The predicted molar refractivity (Wildman–Crippen MR) is 85.0 cm³/mol. The minimum absolute atomic E-state index is 0.0549. The molecule has 0 aliphatic carbocycles. The number of aromatic nitrogens is 2. The van der Waals surface area contributed by atoms with Gasteiger partial charge in [0.25, 0.3) is 0 Å². The van der Waals surface area contributed by atoms with Crippen LogP contribution in [-0.2, 0) is 0 Å². The topological polar surface area (TPSA) is 81.5 Å². The number of fused-ring (bicyclic) bond motifs is 1. The Hall–Kier alpha value is -3.29. The molecule has 0 atom stereocenters. The van der Waals surface area contributed by atoms with Crippen molar-refractivity contribution >= 4 is 17.0 Å². The second-order valence-corrected chi connectivity index (χ2v) is 5.02. The minimum atomic E-state index is -1.17. The first-order valence-corrected chi connectivity index (χ1v) is 7.07. The lowest BCUT2D eigenvalue weighted by Crippen LogP contribution is -2.03. The minimum Gasteiger partial charge on any atom is -0.494 e. The molecule has 1 heterocycles. The molecule has 0 fully saturated rings. The second kappa shape index (κ2) is 6.31. The summed E-state index contributed by atoms with van der Waals surface area (Å²) in [6.45, 7) is 0. The number of hydrogen-bond donors (Lipinski definition) is 1. The Kier molecular flexibility index (Phi) is 4.18. The normalized spacial score (nSPS) is 10.7. The Morgan fingerprint density at radius 3 is 2.32 bits per heavy atom. The molecule has 0 unspecified atom stereocenters. The molecule has 25 heavy (non-hydrogen) atoms. The number of methoxy groups -OCH3 is 2. The molecule has 3 rings (SSSR count). The summed E-state index contributed by atoms with van der Waals surface area (Å²) in [5, 5.41) is 9.17. The zero-order valence-corrected chi connectivity index (χ0v) is 13.2. The van der Waals surface area contributed by atoms with E-state index in [4.69, 9.17) is 9.47 Å². The van der Waals surface area contributed by atoms with Gasteiger partial charge < -0.3 is 14.6 Å². The van der Waals surface area contributed by atoms with Gasteiger partial charge in [-0.05, 0) is 12.1 Å². The Morgan fingerprint density at radius 2 is 1.76 bits per heavy atom. The number of rotatable bonds is 4. The summed E-state index contributed by atoms with van der Waals surface area (Å²) in [6, 6.07) is 5.44. The third-order valence-corrected chi connectivity index (χ3v) is 3.63. The van der Waals surface area contributed by atoms with Gasteiger partial charge in [0.05, 0.1) is 42.8 Å². The van der Waals surface area contributed by atoms with E-state index in [1.807, 2.05) is 0 Å². The molecule has 6 nitrogen and oxygen atoms in total. The fourth-order valence-corrected chi connectivity index (χ4v) is 2.45. The molecule has 1 N–H and O–H groups in total. The van der Waals surface area contributed by atoms with E-state index in [-0.39, 0.29) is 33.8 Å². The highest BCUT2D eigenvalue weighted by Gasteiger charge is 2.23. The highest BCUT2D eigenvalue weighted by molar-refractivity contribution is 6.00. The molecule has 0 amide bonds. The van der Waals surface area contributed by atoms with Gasteiger partial charge in [0, 0.05) is 6.07 Å². The van der Waals surface area contributed by atoms with Crippen LogP contribution in [0.1, 0.15) is 10.4 Å². The number of halogens is 2. The maximum absolute atomic E-state index is 14.6. The van der Waals surface area contributed by atoms with Crippen molar-refractivity contribution in [2.75, 3.05) is 14.2 Å². The highest BCUT2D eigenvalue weighted by atomic mass is 19.1. The lowest BCUT2D eigenvalue weighted by Gasteiger charge is -2.12. The van der Waals surface area contributed by atoms with Crippen molar-refractivity contribution < 1.29 is 28.2 Å². The third-order valence-electron chi connectivity index (χ3n) is 3.63. The van der Waals surface area contributed by atoms with E-state index >= 15 is 0 Å². The molecule has 0 saturated heterocycles. The molecular weight excluding hydrogens is 334 g/mol. The first-order valence-electron chi connectivity index (χ1n) is 7.07. The summed E-state index contributed by atoms with van der Waals surface area (Å²) in [5.74, 6) is -3.51. The Labute approximate surface area is 140 Å². The van der Waals surface area contributed by atoms with E-state index in [0.717, 1.165) is 12.3 Å². The van der Waals surface area contributed by atoms with E-state index < -0.39 is 23.2 Å². The molecule has 2 aromatic carbocycles. The number of para-hydroxylation sites is 1. The highest BCUT2D eigenvalue weighted by Crippen LogP contribution is 2.37. The summed E-state index contributed by atoms with van der Waals surface area (Å²) in [7, 11) is 2.48. The van der Waals surface area contributed by atoms with Gasteiger partial charge in [-0.25, -0.2) is 18.6 Å². The SMILES string of the molecule is COc1cc(OC)c(F)c(-c2cnc3c(C(=O)O)cccc3n2)c1F. The monoisotopic (exact) mass is 346 g/mol. The van der Waals surface area contributed by atoms with Gasteiger partial charge in [-0.15, -0.1) is 0 Å². The number of carboxylic acids is 1. The van der Waals surface area contributed by atoms with Crippen LogP contribution in [0.4, 0.5) is 8.78 Å². The fraction of sp³-hybridized carbons (Fsp3) is 0.118. The standard InChI is InChI=1S/C17H12F2N2O4/c1-24-11-6-12(25-2)15(19)13(14(11)18)10-7-20-16-8(17(22)23)4-3-5-9(16)21-10/h3-7H,1-2H3,(H,22,23). The first kappa shape index (κ1) is 16.6. The lowest BCUT2D eigenvalue weighted by molar-refractivity contribution is 0.0699. The van der Waals surface area contributed by atoms with Crippen molar-refractivity contribution in [1.29, 1.82) is 0 Å². The number of carbonyl (C=O) groups is 1. The summed E-state index contributed by atoms with van der Waals surface area (Å²) in [5.41, 5.74) is -0.318. The van der Waals surface area contributed by atoms with Crippen molar-refractivity contribution in [1.82, 2.24) is 9.97 Å². The van der Waals surface area contributed by atoms with Crippen LogP contribution in [-0.4, -0.2) is 35.3 Å². The van der Waals surface area contributed by atoms with Crippen LogP contribution in [0.25, 0.3) is 22.3 Å². The van der Waals surface area contributed by atoms with Gasteiger partial charge in [0.2, 0.25) is 0 Å². The average Bonchev–Trinajstić information content (AvgIpc) is 2.61. The number of nitrogens with zero attached hydrogens (tertiary/aromatic N) is 2. The third kappa shape index (κ3) is 2.71. The smallest absolute Gasteiger partial charge is 0.337 e. The van der Waals surface area contributed by atoms with Crippen molar-refractivity contribution in [3.8, 4) is 22.8 Å². The first-order chi connectivity index (χ1) is 12.0. The van der Waals surface area contributed by atoms with Crippen molar-refractivity contribution in [3.05, 3.63) is 47.7 Å².